The van der Waals surface area contributed by atoms with E-state index in [0.717, 1.165) is 52.6 Å². The fraction of sp³-hybridized carbons (Fsp3) is 0.750. The van der Waals surface area contributed by atoms with Gasteiger partial charge in [0.05, 0.1) is 26.4 Å². The smallest absolute Gasteiger partial charge is 0.0594 e. The molecule has 0 amide bonds. The molecule has 5 rings (SSSR count). The van der Waals surface area contributed by atoms with Crippen molar-refractivity contribution in [3.63, 3.8) is 0 Å². The van der Waals surface area contributed by atoms with Crippen LogP contribution < -0.4 is 0 Å². The lowest BCUT2D eigenvalue weighted by Gasteiger charge is -2.48. The van der Waals surface area contributed by atoms with Gasteiger partial charge in [0, 0.05) is 38.3 Å². The minimum atomic E-state index is 0.145. The number of ether oxygens (including phenoxy) is 2. The Bertz CT molecular complexity index is 754. The molecule has 36 heavy (non-hydrogen) atoms. The predicted molar refractivity (Wildman–Crippen MR) is 148 cm³/mol. The number of hydrogen-bond acceptors (Lipinski definition) is 4. The summed E-state index contributed by atoms with van der Waals surface area (Å²) in [6, 6.07) is 13.3. The van der Waals surface area contributed by atoms with E-state index in [1.54, 1.807) is 12.1 Å². The maximum absolute atomic E-state index is 5.67. The van der Waals surface area contributed by atoms with Crippen LogP contribution in [0, 0.1) is 23.9 Å². The molecule has 0 N–H and O–H groups in total. The molecule has 2 aliphatic carbocycles. The van der Waals surface area contributed by atoms with Crippen molar-refractivity contribution in [1.82, 2.24) is 9.80 Å². The second-order valence-corrected chi connectivity index (χ2v) is 12.8. The van der Waals surface area contributed by atoms with Crippen molar-refractivity contribution in [1.29, 1.82) is 0 Å². The minimum absolute atomic E-state index is 0.145. The molecule has 4 heteroatoms. The van der Waals surface area contributed by atoms with Crippen molar-refractivity contribution in [2.45, 2.75) is 89.9 Å². The van der Waals surface area contributed by atoms with Crippen LogP contribution in [0.3, 0.4) is 0 Å². The lowest BCUT2D eigenvalue weighted by atomic mass is 9.63. The highest BCUT2D eigenvalue weighted by atomic mass is 16.5. The van der Waals surface area contributed by atoms with Gasteiger partial charge in [-0.25, -0.2) is 0 Å². The first-order valence-electron chi connectivity index (χ1n) is 14.9. The van der Waals surface area contributed by atoms with Crippen LogP contribution in [0.15, 0.2) is 24.3 Å². The number of rotatable bonds is 6. The van der Waals surface area contributed by atoms with Crippen molar-refractivity contribution in [2.24, 2.45) is 11.8 Å². The minimum Gasteiger partial charge on any atom is -0.379 e. The molecule has 2 saturated carbocycles. The Kier molecular flexibility index (Phi) is 8.47. The molecule has 0 aromatic heterocycles. The summed E-state index contributed by atoms with van der Waals surface area (Å²) in [5, 5.41) is 0. The highest BCUT2D eigenvalue weighted by molar-refractivity contribution is 5.35. The van der Waals surface area contributed by atoms with Crippen LogP contribution in [0.4, 0.5) is 0 Å². The Hall–Kier alpha value is -0.940. The van der Waals surface area contributed by atoms with Gasteiger partial charge >= 0.3 is 0 Å². The Labute approximate surface area is 221 Å². The SMILES string of the molecule is CC(C)(c1ccc(C(C)(C)C2CCCC[C]2N2CCOCC2)cc1)C1CCCC[C]1N1CCOCC1. The largest absolute Gasteiger partial charge is 0.379 e. The molecule has 0 bridgehead atoms. The third-order valence-corrected chi connectivity index (χ3v) is 10.1. The van der Waals surface area contributed by atoms with Gasteiger partial charge in [0.15, 0.2) is 0 Å². The van der Waals surface area contributed by atoms with Crippen LogP contribution in [-0.2, 0) is 20.3 Å². The molecule has 200 valence electrons. The molecule has 1 aromatic carbocycles. The lowest BCUT2D eigenvalue weighted by Crippen LogP contribution is -2.48. The highest BCUT2D eigenvalue weighted by Crippen LogP contribution is 2.49. The first-order chi connectivity index (χ1) is 17.4. The van der Waals surface area contributed by atoms with E-state index in [0.29, 0.717) is 11.8 Å². The number of benzene rings is 1. The summed E-state index contributed by atoms with van der Waals surface area (Å²) in [7, 11) is 0. The molecular formula is C32H50N2O2. The third-order valence-electron chi connectivity index (χ3n) is 10.1. The van der Waals surface area contributed by atoms with Gasteiger partial charge in [0.1, 0.15) is 0 Å². The third kappa shape index (κ3) is 5.44. The first-order valence-corrected chi connectivity index (χ1v) is 14.9. The zero-order valence-corrected chi connectivity index (χ0v) is 23.5. The number of morpholine rings is 2. The van der Waals surface area contributed by atoms with Crippen LogP contribution in [0.2, 0.25) is 0 Å². The molecule has 2 atom stereocenters. The molecule has 2 radical (unpaired) electrons. The van der Waals surface area contributed by atoms with E-state index in [1.165, 1.54) is 62.5 Å². The lowest BCUT2D eigenvalue weighted by molar-refractivity contribution is 0.0185. The highest BCUT2D eigenvalue weighted by Gasteiger charge is 2.44. The van der Waals surface area contributed by atoms with Crippen LogP contribution >= 0.6 is 0 Å². The summed E-state index contributed by atoms with van der Waals surface area (Å²) in [5.74, 6) is 1.26. The van der Waals surface area contributed by atoms with Gasteiger partial charge in [-0.15, -0.1) is 0 Å². The summed E-state index contributed by atoms with van der Waals surface area (Å²) in [4.78, 5) is 5.33. The summed E-state index contributed by atoms with van der Waals surface area (Å²) >= 11 is 0. The van der Waals surface area contributed by atoms with E-state index in [4.69, 9.17) is 9.47 Å². The van der Waals surface area contributed by atoms with E-state index in [9.17, 15) is 0 Å². The topological polar surface area (TPSA) is 24.9 Å². The van der Waals surface area contributed by atoms with Crippen molar-refractivity contribution in [3.8, 4) is 0 Å². The van der Waals surface area contributed by atoms with Gasteiger partial charge in [-0.1, -0.05) is 77.6 Å². The normalized spacial score (nSPS) is 28.9. The molecule has 0 spiro atoms. The molecule has 2 heterocycles. The molecule has 4 aliphatic rings. The number of hydrogen-bond donors (Lipinski definition) is 0. The van der Waals surface area contributed by atoms with Crippen molar-refractivity contribution in [3.05, 3.63) is 47.5 Å². The summed E-state index contributed by atoms with van der Waals surface area (Å²) < 4.78 is 11.3. The first kappa shape index (κ1) is 26.7. The molecular weight excluding hydrogens is 444 g/mol. The Balaban J connectivity index is 1.34. The maximum Gasteiger partial charge on any atom is 0.0594 e. The average molecular weight is 495 g/mol. The van der Waals surface area contributed by atoms with Gasteiger partial charge in [0.25, 0.3) is 0 Å². The van der Waals surface area contributed by atoms with Crippen molar-refractivity contribution in [2.75, 3.05) is 52.6 Å². The second kappa shape index (κ2) is 11.4. The fourth-order valence-electron chi connectivity index (χ4n) is 7.74. The zero-order valence-electron chi connectivity index (χ0n) is 23.5. The summed E-state index contributed by atoms with van der Waals surface area (Å²) in [5.41, 5.74) is 3.29. The van der Waals surface area contributed by atoms with Crippen molar-refractivity contribution < 1.29 is 9.47 Å². The van der Waals surface area contributed by atoms with E-state index in [1.807, 2.05) is 0 Å². The molecule has 4 fully saturated rings. The van der Waals surface area contributed by atoms with E-state index in [2.05, 4.69) is 61.8 Å². The Morgan fingerprint density at radius 3 is 1.31 bits per heavy atom. The zero-order chi connectivity index (χ0) is 25.2. The molecule has 4 nitrogen and oxygen atoms in total. The monoisotopic (exact) mass is 494 g/mol. The number of nitrogens with zero attached hydrogens (tertiary/aromatic N) is 2. The van der Waals surface area contributed by atoms with E-state index >= 15 is 0 Å². The quantitative estimate of drug-likeness (QED) is 0.460. The second-order valence-electron chi connectivity index (χ2n) is 12.8. The average Bonchev–Trinajstić information content (AvgIpc) is 2.94. The fourth-order valence-corrected chi connectivity index (χ4v) is 7.74. The van der Waals surface area contributed by atoms with Crippen molar-refractivity contribution >= 4 is 0 Å². The Morgan fingerprint density at radius 1 is 0.583 bits per heavy atom. The van der Waals surface area contributed by atoms with Crippen LogP contribution in [0.1, 0.15) is 90.2 Å². The van der Waals surface area contributed by atoms with E-state index in [-0.39, 0.29) is 10.8 Å². The van der Waals surface area contributed by atoms with Gasteiger partial charge < -0.3 is 9.47 Å². The predicted octanol–water partition coefficient (Wildman–Crippen LogP) is 6.35. The summed E-state index contributed by atoms with van der Waals surface area (Å²) in [6.45, 7) is 17.8. The van der Waals surface area contributed by atoms with Crippen LogP contribution in [-0.4, -0.2) is 62.4 Å². The molecule has 2 unspecified atom stereocenters. The standard InChI is InChI=1S/C32H50N2O2/c1-31(2,27-9-5-7-11-29(27)33-17-21-35-22-18-33)25-13-15-26(16-14-25)32(3,4)28-10-6-8-12-30(28)34-19-23-36-24-20-34/h13-16,27-28H,5-12,17-24H2,1-4H3. The van der Waals surface area contributed by atoms with Crippen LogP contribution in [0.5, 0.6) is 0 Å². The summed E-state index contributed by atoms with van der Waals surface area (Å²) in [6.07, 6.45) is 10.6. The molecule has 2 aliphatic heterocycles. The van der Waals surface area contributed by atoms with Gasteiger partial charge in [0.2, 0.25) is 0 Å². The van der Waals surface area contributed by atoms with Gasteiger partial charge in [-0.3, -0.25) is 9.80 Å². The maximum atomic E-state index is 5.67. The van der Waals surface area contributed by atoms with Gasteiger partial charge in [-0.2, -0.15) is 0 Å². The molecule has 2 saturated heterocycles. The molecule has 1 aromatic rings. The van der Waals surface area contributed by atoms with Crippen LogP contribution in [0.25, 0.3) is 0 Å². The van der Waals surface area contributed by atoms with E-state index < -0.39 is 0 Å². The Morgan fingerprint density at radius 2 is 0.944 bits per heavy atom. The van der Waals surface area contributed by atoms with Gasteiger partial charge in [-0.05, 0) is 59.5 Å².